The van der Waals surface area contributed by atoms with Crippen LogP contribution in [0.1, 0.15) is 20.3 Å². The number of ether oxygens (including phenoxy) is 1. The van der Waals surface area contributed by atoms with Gasteiger partial charge in [0.15, 0.2) is 5.75 Å². The van der Waals surface area contributed by atoms with Crippen LogP contribution in [0.3, 0.4) is 0 Å². The number of rotatable bonds is 7. The van der Waals surface area contributed by atoms with Gasteiger partial charge in [0.2, 0.25) is 0 Å². The van der Waals surface area contributed by atoms with E-state index in [-0.39, 0.29) is 15.0 Å². The molecular formula is C12H16FIN2O3. The molecule has 1 rings (SSSR count). The van der Waals surface area contributed by atoms with Crippen LogP contribution >= 0.6 is 22.6 Å². The topological polar surface area (TPSA) is 64.4 Å². The van der Waals surface area contributed by atoms with Gasteiger partial charge in [-0.3, -0.25) is 10.1 Å². The number of benzene rings is 1. The van der Waals surface area contributed by atoms with Crippen LogP contribution in [0.2, 0.25) is 0 Å². The Labute approximate surface area is 124 Å². The van der Waals surface area contributed by atoms with Gasteiger partial charge in [0.05, 0.1) is 15.1 Å². The molecule has 0 amide bonds. The largest absolute Gasteiger partial charge is 0.487 e. The molecule has 0 atom stereocenters. The summed E-state index contributed by atoms with van der Waals surface area (Å²) in [5, 5.41) is 14.1. The van der Waals surface area contributed by atoms with Crippen LogP contribution in [-0.4, -0.2) is 24.1 Å². The van der Waals surface area contributed by atoms with Crippen molar-refractivity contribution in [2.24, 2.45) is 0 Å². The third-order valence-corrected chi connectivity index (χ3v) is 3.16. The normalized spacial score (nSPS) is 10.8. The van der Waals surface area contributed by atoms with E-state index < -0.39 is 10.7 Å². The summed E-state index contributed by atoms with van der Waals surface area (Å²) in [5.41, 5.74) is -0.206. The Bertz CT molecular complexity index is 455. The first kappa shape index (κ1) is 16.1. The first-order valence-electron chi connectivity index (χ1n) is 5.91. The zero-order valence-electron chi connectivity index (χ0n) is 10.8. The van der Waals surface area contributed by atoms with Gasteiger partial charge in [-0.25, -0.2) is 4.39 Å². The van der Waals surface area contributed by atoms with Crippen molar-refractivity contribution in [2.75, 3.05) is 13.2 Å². The number of nitrogens with zero attached hydrogens (tertiary/aromatic N) is 1. The van der Waals surface area contributed by atoms with Crippen molar-refractivity contribution in [2.45, 2.75) is 26.3 Å². The molecule has 0 unspecified atom stereocenters. The highest BCUT2D eigenvalue weighted by molar-refractivity contribution is 14.1. The molecule has 0 radical (unpaired) electrons. The van der Waals surface area contributed by atoms with E-state index in [0.29, 0.717) is 19.1 Å². The van der Waals surface area contributed by atoms with Gasteiger partial charge in [0.25, 0.3) is 0 Å². The lowest BCUT2D eigenvalue weighted by Crippen LogP contribution is -2.24. The van der Waals surface area contributed by atoms with Crippen LogP contribution in [0.5, 0.6) is 5.75 Å². The number of halogens is 2. The van der Waals surface area contributed by atoms with Crippen molar-refractivity contribution in [3.63, 3.8) is 0 Å². The second kappa shape index (κ2) is 7.59. The first-order valence-corrected chi connectivity index (χ1v) is 6.99. The number of nitro groups is 1. The third-order valence-electron chi connectivity index (χ3n) is 2.33. The number of hydrogen-bond donors (Lipinski definition) is 1. The second-order valence-corrected chi connectivity index (χ2v) is 5.46. The SMILES string of the molecule is CC(C)NCCCOc1cc(F)c(I)cc1[N+](=O)[O-]. The predicted octanol–water partition coefficient (Wildman–Crippen LogP) is 3.11. The molecule has 0 spiro atoms. The van der Waals surface area contributed by atoms with E-state index in [0.717, 1.165) is 12.6 Å². The minimum Gasteiger partial charge on any atom is -0.487 e. The summed E-state index contributed by atoms with van der Waals surface area (Å²) < 4.78 is 18.9. The molecule has 0 aliphatic carbocycles. The molecular weight excluding hydrogens is 366 g/mol. The highest BCUT2D eigenvalue weighted by atomic mass is 127. The van der Waals surface area contributed by atoms with Crippen LogP contribution in [0, 0.1) is 19.5 Å². The summed E-state index contributed by atoms with van der Waals surface area (Å²) in [6, 6.07) is 2.62. The lowest BCUT2D eigenvalue weighted by atomic mass is 10.3. The molecule has 0 bridgehead atoms. The Morgan fingerprint density at radius 2 is 2.21 bits per heavy atom. The van der Waals surface area contributed by atoms with Crippen molar-refractivity contribution >= 4 is 28.3 Å². The summed E-state index contributed by atoms with van der Waals surface area (Å²) >= 11 is 1.71. The molecule has 106 valence electrons. The van der Waals surface area contributed by atoms with Crippen LogP contribution in [0.15, 0.2) is 12.1 Å². The molecule has 1 N–H and O–H groups in total. The summed E-state index contributed by atoms with van der Waals surface area (Å²) in [4.78, 5) is 10.3. The Kier molecular flexibility index (Phi) is 6.43. The van der Waals surface area contributed by atoms with Gasteiger partial charge < -0.3 is 10.1 Å². The maximum Gasteiger partial charge on any atom is 0.312 e. The molecule has 0 heterocycles. The molecule has 0 aliphatic rings. The van der Waals surface area contributed by atoms with E-state index in [1.54, 1.807) is 22.6 Å². The number of nitro benzene ring substituents is 1. The maximum atomic E-state index is 13.4. The fourth-order valence-corrected chi connectivity index (χ4v) is 1.87. The van der Waals surface area contributed by atoms with Gasteiger partial charge in [-0.2, -0.15) is 0 Å². The molecule has 19 heavy (non-hydrogen) atoms. The highest BCUT2D eigenvalue weighted by Gasteiger charge is 2.18. The third kappa shape index (κ3) is 5.27. The van der Waals surface area contributed by atoms with E-state index in [1.165, 1.54) is 6.07 Å². The molecule has 7 heteroatoms. The Balaban J connectivity index is 2.62. The highest BCUT2D eigenvalue weighted by Crippen LogP contribution is 2.30. The van der Waals surface area contributed by atoms with E-state index in [4.69, 9.17) is 4.74 Å². The minimum absolute atomic E-state index is 0.0209. The second-order valence-electron chi connectivity index (χ2n) is 4.30. The van der Waals surface area contributed by atoms with Crippen LogP contribution in [-0.2, 0) is 0 Å². The summed E-state index contributed by atoms with van der Waals surface area (Å²) in [7, 11) is 0. The molecule has 1 aromatic rings. The van der Waals surface area contributed by atoms with Gasteiger partial charge in [0, 0.05) is 18.2 Å². The summed E-state index contributed by atoms with van der Waals surface area (Å²) in [6.07, 6.45) is 0.697. The molecule has 0 saturated heterocycles. The van der Waals surface area contributed by atoms with Gasteiger partial charge >= 0.3 is 5.69 Å². The van der Waals surface area contributed by atoms with Gasteiger partial charge in [-0.15, -0.1) is 0 Å². The van der Waals surface area contributed by atoms with Gasteiger partial charge in [-0.05, 0) is 35.6 Å². The molecule has 0 saturated carbocycles. The molecule has 0 fully saturated rings. The van der Waals surface area contributed by atoms with Crippen molar-refractivity contribution in [3.8, 4) is 5.75 Å². The van der Waals surface area contributed by atoms with E-state index in [2.05, 4.69) is 5.32 Å². The number of hydrogen-bond acceptors (Lipinski definition) is 4. The van der Waals surface area contributed by atoms with Gasteiger partial charge in [-0.1, -0.05) is 13.8 Å². The monoisotopic (exact) mass is 382 g/mol. The van der Waals surface area contributed by atoms with E-state index in [1.807, 2.05) is 13.8 Å². The molecule has 5 nitrogen and oxygen atoms in total. The average Bonchev–Trinajstić information content (AvgIpc) is 2.32. The zero-order valence-corrected chi connectivity index (χ0v) is 12.9. The number of nitrogens with one attached hydrogen (secondary N) is 1. The van der Waals surface area contributed by atoms with Crippen LogP contribution in [0.4, 0.5) is 10.1 Å². The summed E-state index contributed by atoms with van der Waals surface area (Å²) in [6.45, 7) is 5.11. The molecule has 1 aromatic carbocycles. The maximum absolute atomic E-state index is 13.4. The van der Waals surface area contributed by atoms with Crippen molar-refractivity contribution in [3.05, 3.63) is 31.6 Å². The Hall–Kier alpha value is -0.960. The predicted molar refractivity (Wildman–Crippen MR) is 79.0 cm³/mol. The van der Waals surface area contributed by atoms with Crippen molar-refractivity contribution in [1.82, 2.24) is 5.32 Å². The smallest absolute Gasteiger partial charge is 0.312 e. The molecule has 0 aliphatic heterocycles. The van der Waals surface area contributed by atoms with Crippen molar-refractivity contribution < 1.29 is 14.1 Å². The fourth-order valence-electron chi connectivity index (χ4n) is 1.42. The lowest BCUT2D eigenvalue weighted by molar-refractivity contribution is -0.386. The summed E-state index contributed by atoms with van der Waals surface area (Å²) in [5.74, 6) is -0.533. The fraction of sp³-hybridized carbons (Fsp3) is 0.500. The zero-order chi connectivity index (χ0) is 14.4. The first-order chi connectivity index (χ1) is 8.91. The molecule has 0 aromatic heterocycles. The van der Waals surface area contributed by atoms with Gasteiger partial charge in [0.1, 0.15) is 5.82 Å². The van der Waals surface area contributed by atoms with E-state index >= 15 is 0 Å². The lowest BCUT2D eigenvalue weighted by Gasteiger charge is -2.09. The van der Waals surface area contributed by atoms with E-state index in [9.17, 15) is 14.5 Å². The van der Waals surface area contributed by atoms with Crippen molar-refractivity contribution in [1.29, 1.82) is 0 Å². The Morgan fingerprint density at radius 3 is 2.79 bits per heavy atom. The quantitative estimate of drug-likeness (QED) is 0.341. The standard InChI is InChI=1S/C12H16FIN2O3/c1-8(2)15-4-3-5-19-12-6-9(13)10(14)7-11(12)16(17)18/h6-8,15H,3-5H2,1-2H3. The van der Waals surface area contributed by atoms with Crippen LogP contribution < -0.4 is 10.1 Å². The van der Waals surface area contributed by atoms with Crippen LogP contribution in [0.25, 0.3) is 0 Å². The average molecular weight is 382 g/mol. The minimum atomic E-state index is -0.566. The Morgan fingerprint density at radius 1 is 1.53 bits per heavy atom.